The Morgan fingerprint density at radius 1 is 1.03 bits per heavy atom. The van der Waals surface area contributed by atoms with Gasteiger partial charge < -0.3 is 19.5 Å². The molecule has 1 aromatic carbocycles. The number of allylic oxidation sites excluding steroid dienone is 2. The molecule has 1 unspecified atom stereocenters. The normalized spacial score (nSPS) is 16.8. The second-order valence-electron chi connectivity index (χ2n) is 6.85. The predicted octanol–water partition coefficient (Wildman–Crippen LogP) is 3.34. The summed E-state index contributed by atoms with van der Waals surface area (Å²) in [6.45, 7) is 6.58. The van der Waals surface area contributed by atoms with Crippen molar-refractivity contribution < 1.29 is 32.6 Å². The lowest BCUT2D eigenvalue weighted by atomic mass is 9.80. The number of carbonyl (C=O) groups excluding carboxylic acids is 2. The molecule has 29 heavy (non-hydrogen) atoms. The molecule has 2 rings (SSSR count). The molecule has 0 fully saturated rings. The fraction of sp³-hybridized carbons (Fsp3) is 0.429. The van der Waals surface area contributed by atoms with Gasteiger partial charge in [-0.25, -0.2) is 18.4 Å². The van der Waals surface area contributed by atoms with Crippen LogP contribution >= 0.6 is 0 Å². The maximum absolute atomic E-state index is 14.7. The Hall–Kier alpha value is -2.74. The first-order valence-electron chi connectivity index (χ1n) is 9.18. The van der Waals surface area contributed by atoms with Crippen molar-refractivity contribution >= 4 is 11.9 Å². The minimum Gasteiger partial charge on any atom is -0.460 e. The van der Waals surface area contributed by atoms with Crippen LogP contribution in [0.25, 0.3) is 0 Å². The van der Waals surface area contributed by atoms with Gasteiger partial charge in [0.2, 0.25) is 0 Å². The van der Waals surface area contributed by atoms with Gasteiger partial charge in [0.05, 0.1) is 29.8 Å². The summed E-state index contributed by atoms with van der Waals surface area (Å²) in [5.74, 6) is -4.66. The quantitative estimate of drug-likeness (QED) is 0.550. The molecule has 0 saturated carbocycles. The summed E-state index contributed by atoms with van der Waals surface area (Å²) < 4.78 is 44.7. The van der Waals surface area contributed by atoms with E-state index in [9.17, 15) is 18.4 Å². The molecule has 1 aromatic rings. The van der Waals surface area contributed by atoms with Crippen LogP contribution in [0.4, 0.5) is 8.78 Å². The number of dihydropyridines is 1. The number of carbonyl (C=O) groups is 2. The molecular weight excluding hydrogens is 384 g/mol. The van der Waals surface area contributed by atoms with Crippen LogP contribution in [0.5, 0.6) is 0 Å². The molecule has 0 aliphatic carbocycles. The van der Waals surface area contributed by atoms with E-state index in [4.69, 9.17) is 14.2 Å². The van der Waals surface area contributed by atoms with Crippen molar-refractivity contribution in [1.29, 1.82) is 0 Å². The van der Waals surface area contributed by atoms with E-state index in [1.165, 1.54) is 13.2 Å². The topological polar surface area (TPSA) is 73.9 Å². The summed E-state index contributed by atoms with van der Waals surface area (Å²) >= 11 is 0. The zero-order valence-electron chi connectivity index (χ0n) is 17.1. The average Bonchev–Trinajstić information content (AvgIpc) is 2.60. The van der Waals surface area contributed by atoms with Crippen LogP contribution in [-0.4, -0.2) is 38.4 Å². The van der Waals surface area contributed by atoms with Crippen LogP contribution in [0.15, 0.2) is 40.7 Å². The van der Waals surface area contributed by atoms with Gasteiger partial charge in [0.25, 0.3) is 0 Å². The van der Waals surface area contributed by atoms with E-state index >= 15 is 0 Å². The van der Waals surface area contributed by atoms with Gasteiger partial charge in [-0.2, -0.15) is 0 Å². The number of hydrogen-bond donors (Lipinski definition) is 1. The summed E-state index contributed by atoms with van der Waals surface area (Å²) in [4.78, 5) is 25.6. The van der Waals surface area contributed by atoms with E-state index in [0.717, 1.165) is 12.1 Å². The van der Waals surface area contributed by atoms with E-state index in [-0.39, 0.29) is 24.4 Å². The second-order valence-corrected chi connectivity index (χ2v) is 6.85. The Labute approximate surface area is 168 Å². The van der Waals surface area contributed by atoms with Crippen molar-refractivity contribution in [1.82, 2.24) is 5.32 Å². The molecule has 0 spiro atoms. The predicted molar refractivity (Wildman–Crippen MR) is 102 cm³/mol. The van der Waals surface area contributed by atoms with Crippen LogP contribution in [0.2, 0.25) is 0 Å². The number of benzene rings is 1. The van der Waals surface area contributed by atoms with Crippen LogP contribution in [0.3, 0.4) is 0 Å². The van der Waals surface area contributed by atoms with Crippen LogP contribution in [-0.2, 0) is 23.8 Å². The molecule has 1 N–H and O–H groups in total. The fourth-order valence-electron chi connectivity index (χ4n) is 3.18. The molecule has 1 aliphatic rings. The average molecular weight is 409 g/mol. The largest absolute Gasteiger partial charge is 0.460 e. The van der Waals surface area contributed by atoms with E-state index in [2.05, 4.69) is 5.32 Å². The Kier molecular flexibility index (Phi) is 7.50. The zero-order valence-corrected chi connectivity index (χ0v) is 17.1. The molecule has 0 radical (unpaired) electrons. The third kappa shape index (κ3) is 5.00. The summed E-state index contributed by atoms with van der Waals surface area (Å²) in [5, 5.41) is 2.92. The number of methoxy groups -OCH3 is 1. The lowest BCUT2D eigenvalue weighted by Gasteiger charge is -2.31. The molecule has 0 aromatic heterocycles. The van der Waals surface area contributed by atoms with E-state index in [1.807, 2.05) is 0 Å². The molecule has 0 bridgehead atoms. The SMILES string of the molecule is COCCOC(=O)C1=C(C)NC(C)=C(C(=O)OC(C)C)C1c1c(F)cccc1F. The molecule has 0 saturated heterocycles. The highest BCUT2D eigenvalue weighted by Crippen LogP contribution is 2.41. The second kappa shape index (κ2) is 9.65. The first-order valence-corrected chi connectivity index (χ1v) is 9.18. The van der Waals surface area contributed by atoms with E-state index in [1.54, 1.807) is 27.7 Å². The number of hydrogen-bond acceptors (Lipinski definition) is 6. The highest BCUT2D eigenvalue weighted by Gasteiger charge is 2.40. The van der Waals surface area contributed by atoms with Gasteiger partial charge in [0.1, 0.15) is 18.2 Å². The van der Waals surface area contributed by atoms with E-state index in [0.29, 0.717) is 11.4 Å². The van der Waals surface area contributed by atoms with Crippen LogP contribution in [0.1, 0.15) is 39.2 Å². The van der Waals surface area contributed by atoms with Gasteiger partial charge in [0.15, 0.2) is 0 Å². The number of ether oxygens (including phenoxy) is 3. The first-order chi connectivity index (χ1) is 13.7. The highest BCUT2D eigenvalue weighted by atomic mass is 19.1. The number of esters is 2. The van der Waals surface area contributed by atoms with Crippen LogP contribution < -0.4 is 5.32 Å². The van der Waals surface area contributed by atoms with Gasteiger partial charge in [-0.1, -0.05) is 6.07 Å². The third-order valence-electron chi connectivity index (χ3n) is 4.35. The minimum absolute atomic E-state index is 0.0486. The van der Waals surface area contributed by atoms with Crippen molar-refractivity contribution in [3.8, 4) is 0 Å². The fourth-order valence-corrected chi connectivity index (χ4v) is 3.18. The number of nitrogens with one attached hydrogen (secondary N) is 1. The summed E-state index contributed by atoms with van der Waals surface area (Å²) in [7, 11) is 1.45. The van der Waals surface area contributed by atoms with Crippen LogP contribution in [0, 0.1) is 11.6 Å². The molecule has 6 nitrogen and oxygen atoms in total. The molecule has 1 heterocycles. The Balaban J connectivity index is 2.63. The zero-order chi connectivity index (χ0) is 21.7. The molecular formula is C21H25F2NO5. The molecule has 1 aliphatic heterocycles. The Bertz CT molecular complexity index is 840. The standard InChI is InChI=1S/C21H25F2NO5/c1-11(2)29-21(26)17-13(4)24-12(3)16(20(25)28-10-9-27-5)19(17)18-14(22)7-6-8-15(18)23/h6-8,11,19,24H,9-10H2,1-5H3. The maximum Gasteiger partial charge on any atom is 0.337 e. The van der Waals surface area contributed by atoms with Gasteiger partial charge in [0, 0.05) is 24.1 Å². The van der Waals surface area contributed by atoms with Crippen molar-refractivity contribution in [2.45, 2.75) is 39.7 Å². The maximum atomic E-state index is 14.7. The van der Waals surface area contributed by atoms with E-state index < -0.39 is 41.2 Å². The summed E-state index contributed by atoms with van der Waals surface area (Å²) in [6, 6.07) is 3.36. The molecule has 0 amide bonds. The Morgan fingerprint density at radius 2 is 1.59 bits per heavy atom. The number of halogens is 2. The lowest BCUT2D eigenvalue weighted by Crippen LogP contribution is -2.34. The third-order valence-corrected chi connectivity index (χ3v) is 4.35. The van der Waals surface area contributed by atoms with Crippen molar-refractivity contribution in [3.05, 3.63) is 57.9 Å². The van der Waals surface area contributed by atoms with Gasteiger partial charge in [-0.3, -0.25) is 0 Å². The van der Waals surface area contributed by atoms with Gasteiger partial charge in [-0.15, -0.1) is 0 Å². The van der Waals surface area contributed by atoms with Gasteiger partial charge >= 0.3 is 11.9 Å². The van der Waals surface area contributed by atoms with Crippen molar-refractivity contribution in [3.63, 3.8) is 0 Å². The smallest absolute Gasteiger partial charge is 0.337 e. The molecule has 1 atom stereocenters. The van der Waals surface area contributed by atoms with Gasteiger partial charge in [-0.05, 0) is 39.8 Å². The molecule has 158 valence electrons. The Morgan fingerprint density at radius 3 is 2.10 bits per heavy atom. The minimum atomic E-state index is -1.32. The summed E-state index contributed by atoms with van der Waals surface area (Å²) in [6.07, 6.45) is -0.460. The first kappa shape index (κ1) is 22.5. The molecule has 8 heteroatoms. The summed E-state index contributed by atoms with van der Waals surface area (Å²) in [5.41, 5.74) is 0.147. The lowest BCUT2D eigenvalue weighted by molar-refractivity contribution is -0.143. The monoisotopic (exact) mass is 409 g/mol. The van der Waals surface area contributed by atoms with Crippen molar-refractivity contribution in [2.24, 2.45) is 0 Å². The van der Waals surface area contributed by atoms with Crippen molar-refractivity contribution in [2.75, 3.05) is 20.3 Å². The number of rotatable bonds is 7. The highest BCUT2D eigenvalue weighted by molar-refractivity contribution is 6.00.